The number of hydrogen-bond donors (Lipinski definition) is 1. The van der Waals surface area contributed by atoms with E-state index in [-0.39, 0.29) is 5.82 Å². The zero-order chi connectivity index (χ0) is 11.5. The first-order valence-corrected chi connectivity index (χ1v) is 5.52. The maximum Gasteiger partial charge on any atom is 0.123 e. The van der Waals surface area contributed by atoms with Crippen molar-refractivity contribution in [2.45, 2.75) is 45.6 Å². The van der Waals surface area contributed by atoms with Gasteiger partial charge >= 0.3 is 0 Å². The lowest BCUT2D eigenvalue weighted by atomic mass is 9.84. The molecule has 0 aliphatic carbocycles. The number of hydrogen-bond acceptors (Lipinski definition) is 1. The first-order chi connectivity index (χ1) is 7.03. The smallest absolute Gasteiger partial charge is 0.123 e. The summed E-state index contributed by atoms with van der Waals surface area (Å²) in [6, 6.07) is 4.61. The maximum absolute atomic E-state index is 13.1. The van der Waals surface area contributed by atoms with Crippen molar-refractivity contribution in [3.8, 4) is 0 Å². The largest absolute Gasteiger partial charge is 0.385 e. The normalized spacial score (nSPS) is 15.0. The lowest BCUT2D eigenvalue weighted by molar-refractivity contribution is 0.0217. The van der Waals surface area contributed by atoms with E-state index in [4.69, 9.17) is 0 Å². The third-order valence-electron chi connectivity index (χ3n) is 2.95. The van der Waals surface area contributed by atoms with E-state index < -0.39 is 5.60 Å². The molecule has 0 radical (unpaired) electrons. The minimum Gasteiger partial charge on any atom is -0.385 e. The van der Waals surface area contributed by atoms with Crippen molar-refractivity contribution < 1.29 is 9.50 Å². The Morgan fingerprint density at radius 3 is 2.53 bits per heavy atom. The lowest BCUT2D eigenvalue weighted by Crippen LogP contribution is -2.25. The van der Waals surface area contributed by atoms with Crippen LogP contribution in [0.25, 0.3) is 0 Å². The van der Waals surface area contributed by atoms with E-state index >= 15 is 0 Å². The van der Waals surface area contributed by atoms with Gasteiger partial charge in [-0.05, 0) is 43.0 Å². The summed E-state index contributed by atoms with van der Waals surface area (Å²) in [5.41, 5.74) is 0.807. The number of aliphatic hydroxyl groups is 1. The van der Waals surface area contributed by atoms with Crippen LogP contribution in [-0.2, 0) is 5.60 Å². The number of rotatable bonds is 4. The molecule has 0 bridgehead atoms. The summed E-state index contributed by atoms with van der Waals surface area (Å²) < 4.78 is 13.1. The fourth-order valence-electron chi connectivity index (χ4n) is 2.01. The highest BCUT2D eigenvalue weighted by atomic mass is 19.1. The Labute approximate surface area is 90.9 Å². The summed E-state index contributed by atoms with van der Waals surface area (Å²) in [5, 5.41) is 10.4. The fourth-order valence-corrected chi connectivity index (χ4v) is 2.01. The van der Waals surface area contributed by atoms with E-state index in [1.165, 1.54) is 12.1 Å². The second-order valence-corrected chi connectivity index (χ2v) is 4.09. The standard InChI is InChI=1S/C13H19FO/c1-4-8-13(15,5-2)12-9-11(14)7-6-10(12)3/h6-7,9,15H,4-5,8H2,1-3H3. The first kappa shape index (κ1) is 12.2. The average molecular weight is 210 g/mol. The van der Waals surface area contributed by atoms with Crippen molar-refractivity contribution in [3.63, 3.8) is 0 Å². The first-order valence-electron chi connectivity index (χ1n) is 5.52. The number of aryl methyl sites for hydroxylation is 1. The van der Waals surface area contributed by atoms with Gasteiger partial charge in [-0.1, -0.05) is 26.3 Å². The molecule has 0 fully saturated rings. The van der Waals surface area contributed by atoms with Gasteiger partial charge in [0.15, 0.2) is 0 Å². The van der Waals surface area contributed by atoms with Gasteiger partial charge in [-0.25, -0.2) is 4.39 Å². The summed E-state index contributed by atoms with van der Waals surface area (Å²) >= 11 is 0. The lowest BCUT2D eigenvalue weighted by Gasteiger charge is -2.28. The molecule has 1 nitrogen and oxygen atoms in total. The van der Waals surface area contributed by atoms with Crippen molar-refractivity contribution >= 4 is 0 Å². The average Bonchev–Trinajstić information content (AvgIpc) is 2.22. The van der Waals surface area contributed by atoms with Crippen LogP contribution in [0.3, 0.4) is 0 Å². The molecule has 0 saturated carbocycles. The van der Waals surface area contributed by atoms with Crippen LogP contribution in [0.1, 0.15) is 44.2 Å². The van der Waals surface area contributed by atoms with Gasteiger partial charge in [-0.3, -0.25) is 0 Å². The van der Waals surface area contributed by atoms with Gasteiger partial charge < -0.3 is 5.11 Å². The Bertz CT molecular complexity index is 335. The number of halogens is 1. The van der Waals surface area contributed by atoms with Crippen LogP contribution >= 0.6 is 0 Å². The van der Waals surface area contributed by atoms with Gasteiger partial charge in [0.1, 0.15) is 5.82 Å². The molecule has 0 aromatic heterocycles. The molecule has 0 amide bonds. The van der Waals surface area contributed by atoms with Crippen LogP contribution in [0.5, 0.6) is 0 Å². The highest BCUT2D eigenvalue weighted by molar-refractivity contribution is 5.31. The summed E-state index contributed by atoms with van der Waals surface area (Å²) in [5.74, 6) is -0.279. The second-order valence-electron chi connectivity index (χ2n) is 4.09. The van der Waals surface area contributed by atoms with Gasteiger partial charge in [0.25, 0.3) is 0 Å². The van der Waals surface area contributed by atoms with Gasteiger partial charge in [0.2, 0.25) is 0 Å². The Kier molecular flexibility index (Phi) is 3.86. The van der Waals surface area contributed by atoms with E-state index in [0.29, 0.717) is 12.8 Å². The van der Waals surface area contributed by atoms with Crippen LogP contribution in [0.15, 0.2) is 18.2 Å². The molecule has 0 aliphatic rings. The number of benzene rings is 1. The summed E-state index contributed by atoms with van der Waals surface area (Å²) in [7, 11) is 0. The Hall–Kier alpha value is -0.890. The summed E-state index contributed by atoms with van der Waals surface area (Å²) in [6.07, 6.45) is 2.18. The molecule has 0 aliphatic heterocycles. The third kappa shape index (κ3) is 2.57. The zero-order valence-electron chi connectivity index (χ0n) is 9.68. The molecule has 84 valence electrons. The molecule has 2 heteroatoms. The van der Waals surface area contributed by atoms with Gasteiger partial charge in [-0.15, -0.1) is 0 Å². The van der Waals surface area contributed by atoms with Crippen molar-refractivity contribution in [1.29, 1.82) is 0 Å². The van der Waals surface area contributed by atoms with Gasteiger partial charge in [0.05, 0.1) is 5.60 Å². The van der Waals surface area contributed by atoms with Crippen LogP contribution in [0, 0.1) is 12.7 Å². The second kappa shape index (κ2) is 4.75. The Morgan fingerprint density at radius 2 is 2.00 bits per heavy atom. The van der Waals surface area contributed by atoms with Crippen molar-refractivity contribution in [3.05, 3.63) is 35.1 Å². The minimum absolute atomic E-state index is 0.279. The van der Waals surface area contributed by atoms with E-state index in [2.05, 4.69) is 0 Å². The highest BCUT2D eigenvalue weighted by Gasteiger charge is 2.27. The minimum atomic E-state index is -0.874. The molecule has 0 saturated heterocycles. The predicted molar refractivity (Wildman–Crippen MR) is 60.2 cm³/mol. The van der Waals surface area contributed by atoms with E-state index in [1.807, 2.05) is 20.8 Å². The van der Waals surface area contributed by atoms with Crippen molar-refractivity contribution in [1.82, 2.24) is 0 Å². The van der Waals surface area contributed by atoms with E-state index in [1.54, 1.807) is 6.07 Å². The van der Waals surface area contributed by atoms with E-state index in [9.17, 15) is 9.50 Å². The Morgan fingerprint density at radius 1 is 1.33 bits per heavy atom. The van der Waals surface area contributed by atoms with Crippen molar-refractivity contribution in [2.24, 2.45) is 0 Å². The van der Waals surface area contributed by atoms with Gasteiger partial charge in [0, 0.05) is 0 Å². The van der Waals surface area contributed by atoms with Crippen molar-refractivity contribution in [2.75, 3.05) is 0 Å². The molecule has 1 N–H and O–H groups in total. The van der Waals surface area contributed by atoms with Gasteiger partial charge in [-0.2, -0.15) is 0 Å². The quantitative estimate of drug-likeness (QED) is 0.806. The molecule has 0 heterocycles. The highest BCUT2D eigenvalue weighted by Crippen LogP contribution is 2.32. The van der Waals surface area contributed by atoms with Crippen LogP contribution < -0.4 is 0 Å². The molecule has 0 spiro atoms. The molecule has 1 rings (SSSR count). The van der Waals surface area contributed by atoms with Crippen LogP contribution in [-0.4, -0.2) is 5.11 Å². The summed E-state index contributed by atoms with van der Waals surface area (Å²) in [6.45, 7) is 5.86. The zero-order valence-corrected chi connectivity index (χ0v) is 9.68. The van der Waals surface area contributed by atoms with Crippen LogP contribution in [0.2, 0.25) is 0 Å². The third-order valence-corrected chi connectivity index (χ3v) is 2.95. The van der Waals surface area contributed by atoms with E-state index in [0.717, 1.165) is 17.5 Å². The maximum atomic E-state index is 13.1. The SMILES string of the molecule is CCCC(O)(CC)c1cc(F)ccc1C. The topological polar surface area (TPSA) is 20.2 Å². The molecule has 15 heavy (non-hydrogen) atoms. The molecular formula is C13H19FO. The summed E-state index contributed by atoms with van der Waals surface area (Å²) in [4.78, 5) is 0. The predicted octanol–water partition coefficient (Wildman–Crippen LogP) is 3.53. The fraction of sp³-hybridized carbons (Fsp3) is 0.538. The molecule has 1 unspecified atom stereocenters. The van der Waals surface area contributed by atoms with Crippen LogP contribution in [0.4, 0.5) is 4.39 Å². The Balaban J connectivity index is 3.16. The molecular weight excluding hydrogens is 191 g/mol. The molecule has 1 aromatic carbocycles. The molecule has 1 atom stereocenters. The monoisotopic (exact) mass is 210 g/mol. The molecule has 1 aromatic rings.